The Balaban J connectivity index is 1.63. The number of aryl methyl sites for hydroxylation is 1. The fourth-order valence-electron chi connectivity index (χ4n) is 4.45. The van der Waals surface area contributed by atoms with Crippen LogP contribution in [0.1, 0.15) is 55.3 Å². The van der Waals surface area contributed by atoms with Gasteiger partial charge in [-0.25, -0.2) is 0 Å². The molecule has 0 fully saturated rings. The van der Waals surface area contributed by atoms with Crippen LogP contribution in [-0.4, -0.2) is 5.91 Å². The maximum Gasteiger partial charge on any atom is 0.224 e. The van der Waals surface area contributed by atoms with Crippen LogP contribution in [0.15, 0.2) is 54.6 Å². The highest BCUT2D eigenvalue weighted by Gasteiger charge is 2.37. The van der Waals surface area contributed by atoms with Gasteiger partial charge in [0.25, 0.3) is 0 Å². The average molecular weight is 361 g/mol. The van der Waals surface area contributed by atoms with Gasteiger partial charge < -0.3 is 10.6 Å². The molecule has 1 aliphatic heterocycles. The van der Waals surface area contributed by atoms with E-state index in [-0.39, 0.29) is 5.91 Å². The van der Waals surface area contributed by atoms with Crippen LogP contribution in [0.3, 0.4) is 0 Å². The maximum absolute atomic E-state index is 12.1. The van der Waals surface area contributed by atoms with Crippen molar-refractivity contribution in [3.8, 4) is 0 Å². The van der Waals surface area contributed by atoms with Crippen LogP contribution < -0.4 is 10.6 Å². The zero-order chi connectivity index (χ0) is 19.0. The molecule has 0 saturated carbocycles. The first-order valence-corrected chi connectivity index (χ1v) is 9.95. The molecule has 3 nitrogen and oxygen atoms in total. The third-order valence-corrected chi connectivity index (χ3v) is 5.64. The lowest BCUT2D eigenvalue weighted by Gasteiger charge is -2.38. The fourth-order valence-corrected chi connectivity index (χ4v) is 4.45. The minimum atomic E-state index is 0.0878. The third kappa shape index (κ3) is 3.64. The summed E-state index contributed by atoms with van der Waals surface area (Å²) < 4.78 is 0. The van der Waals surface area contributed by atoms with Crippen LogP contribution >= 0.6 is 0 Å². The van der Waals surface area contributed by atoms with Crippen LogP contribution in [0.5, 0.6) is 0 Å². The van der Waals surface area contributed by atoms with Gasteiger partial charge in [-0.15, -0.1) is 0 Å². The van der Waals surface area contributed by atoms with Crippen LogP contribution in [0.25, 0.3) is 0 Å². The Hall–Kier alpha value is -2.55. The van der Waals surface area contributed by atoms with Crippen LogP contribution in [0, 0.1) is 18.8 Å². The van der Waals surface area contributed by atoms with Gasteiger partial charge in [-0.2, -0.15) is 0 Å². The molecular formula is C24H28N2O. The molecule has 0 aromatic heterocycles. The summed E-state index contributed by atoms with van der Waals surface area (Å²) in [5.74, 6) is 1.36. The van der Waals surface area contributed by atoms with Gasteiger partial charge in [0.05, 0.1) is 6.04 Å². The molecule has 140 valence electrons. The van der Waals surface area contributed by atoms with Crippen molar-refractivity contribution < 1.29 is 4.79 Å². The number of carbonyl (C=O) groups excluding carboxylic acids is 1. The van der Waals surface area contributed by atoms with Crippen molar-refractivity contribution in [1.82, 2.24) is 0 Å². The molecule has 0 spiro atoms. The zero-order valence-corrected chi connectivity index (χ0v) is 16.3. The van der Waals surface area contributed by atoms with Crippen molar-refractivity contribution in [3.05, 3.63) is 71.3 Å². The van der Waals surface area contributed by atoms with Crippen molar-refractivity contribution in [1.29, 1.82) is 0 Å². The molecule has 0 radical (unpaired) electrons. The standard InChI is InChI=1S/C24H28N2O/c1-15(2)12-23(27)25-18-10-11-22-21(14-18)19-8-5-9-20(19)24(26-22)17-7-4-6-16(3)13-17/h4-8,10-11,13-15,19-20,24,26H,9,12H2,1-3H3,(H,25,27). The molecule has 1 heterocycles. The van der Waals surface area contributed by atoms with Gasteiger partial charge in [-0.1, -0.05) is 55.8 Å². The molecule has 0 bridgehead atoms. The highest BCUT2D eigenvalue weighted by Crippen LogP contribution is 2.50. The highest BCUT2D eigenvalue weighted by molar-refractivity contribution is 5.91. The number of hydrogen-bond donors (Lipinski definition) is 2. The monoisotopic (exact) mass is 360 g/mol. The molecule has 1 amide bonds. The van der Waals surface area contributed by atoms with Gasteiger partial charge in [0, 0.05) is 23.7 Å². The summed E-state index contributed by atoms with van der Waals surface area (Å²) >= 11 is 0. The number of hydrogen-bond acceptors (Lipinski definition) is 2. The molecule has 2 aliphatic rings. The van der Waals surface area contributed by atoms with Crippen LogP contribution in [0.2, 0.25) is 0 Å². The number of amides is 1. The van der Waals surface area contributed by atoms with Gasteiger partial charge in [-0.05, 0) is 54.5 Å². The maximum atomic E-state index is 12.1. The van der Waals surface area contributed by atoms with E-state index in [2.05, 4.69) is 80.0 Å². The summed E-state index contributed by atoms with van der Waals surface area (Å²) in [7, 11) is 0. The number of allylic oxidation sites excluding steroid dienone is 2. The summed E-state index contributed by atoms with van der Waals surface area (Å²) in [6, 6.07) is 15.4. The molecular weight excluding hydrogens is 332 g/mol. The van der Waals surface area contributed by atoms with Gasteiger partial charge in [0.1, 0.15) is 0 Å². The molecule has 3 unspecified atom stereocenters. The molecule has 1 aliphatic carbocycles. The lowest BCUT2D eigenvalue weighted by molar-refractivity contribution is -0.116. The Kier molecular flexibility index (Phi) is 4.77. The second-order valence-corrected chi connectivity index (χ2v) is 8.34. The van der Waals surface area contributed by atoms with E-state index in [4.69, 9.17) is 0 Å². The van der Waals surface area contributed by atoms with Gasteiger partial charge >= 0.3 is 0 Å². The summed E-state index contributed by atoms with van der Waals surface area (Å²) in [6.07, 6.45) is 6.28. The smallest absolute Gasteiger partial charge is 0.224 e. The Bertz CT molecular complexity index is 884. The van der Waals surface area contributed by atoms with E-state index >= 15 is 0 Å². The lowest BCUT2D eigenvalue weighted by atomic mass is 9.77. The van der Waals surface area contributed by atoms with E-state index in [0.717, 1.165) is 12.1 Å². The number of rotatable bonds is 4. The van der Waals surface area contributed by atoms with E-state index in [0.29, 0.717) is 30.2 Å². The minimum Gasteiger partial charge on any atom is -0.378 e. The Morgan fingerprint density at radius 3 is 2.85 bits per heavy atom. The summed E-state index contributed by atoms with van der Waals surface area (Å²) in [5, 5.41) is 6.83. The number of nitrogens with one attached hydrogen (secondary N) is 2. The van der Waals surface area contributed by atoms with Gasteiger partial charge in [0.15, 0.2) is 0 Å². The minimum absolute atomic E-state index is 0.0878. The van der Waals surface area contributed by atoms with Crippen molar-refractivity contribution in [2.24, 2.45) is 11.8 Å². The highest BCUT2D eigenvalue weighted by atomic mass is 16.1. The van der Waals surface area contributed by atoms with E-state index in [9.17, 15) is 4.79 Å². The van der Waals surface area contributed by atoms with Gasteiger partial charge in [0.2, 0.25) is 5.91 Å². The Morgan fingerprint density at radius 1 is 1.22 bits per heavy atom. The predicted octanol–water partition coefficient (Wildman–Crippen LogP) is 5.81. The number of anilines is 2. The Morgan fingerprint density at radius 2 is 2.07 bits per heavy atom. The van der Waals surface area contributed by atoms with Crippen LogP contribution in [-0.2, 0) is 4.79 Å². The van der Waals surface area contributed by atoms with Crippen molar-refractivity contribution >= 4 is 17.3 Å². The molecule has 0 saturated heterocycles. The molecule has 2 N–H and O–H groups in total. The average Bonchev–Trinajstić information content (AvgIpc) is 3.10. The molecule has 3 atom stereocenters. The first-order chi connectivity index (χ1) is 13.0. The summed E-state index contributed by atoms with van der Waals surface area (Å²) in [5.41, 5.74) is 6.02. The fraction of sp³-hybridized carbons (Fsp3) is 0.375. The molecule has 2 aromatic carbocycles. The van der Waals surface area contributed by atoms with E-state index in [1.165, 1.54) is 22.4 Å². The quantitative estimate of drug-likeness (QED) is 0.676. The van der Waals surface area contributed by atoms with Gasteiger partial charge in [-0.3, -0.25) is 4.79 Å². The molecule has 3 heteroatoms. The lowest BCUT2D eigenvalue weighted by Crippen LogP contribution is -2.29. The summed E-state index contributed by atoms with van der Waals surface area (Å²) in [4.78, 5) is 12.1. The van der Waals surface area contributed by atoms with Crippen molar-refractivity contribution in [3.63, 3.8) is 0 Å². The third-order valence-electron chi connectivity index (χ3n) is 5.64. The number of carbonyl (C=O) groups is 1. The molecule has 2 aromatic rings. The largest absolute Gasteiger partial charge is 0.378 e. The van der Waals surface area contributed by atoms with Crippen LogP contribution in [0.4, 0.5) is 11.4 Å². The second-order valence-electron chi connectivity index (χ2n) is 8.34. The van der Waals surface area contributed by atoms with E-state index in [1.807, 2.05) is 6.07 Å². The number of benzene rings is 2. The molecule has 4 rings (SSSR count). The SMILES string of the molecule is Cc1cccc(C2Nc3ccc(NC(=O)CC(C)C)cc3C3C=CCC32)c1. The Labute approximate surface area is 161 Å². The normalized spacial score (nSPS) is 22.9. The first kappa shape index (κ1) is 17.8. The molecule has 27 heavy (non-hydrogen) atoms. The van der Waals surface area contributed by atoms with E-state index < -0.39 is 0 Å². The summed E-state index contributed by atoms with van der Waals surface area (Å²) in [6.45, 7) is 6.28. The predicted molar refractivity (Wildman–Crippen MR) is 112 cm³/mol. The second kappa shape index (κ2) is 7.22. The van der Waals surface area contributed by atoms with E-state index in [1.54, 1.807) is 0 Å². The first-order valence-electron chi connectivity index (χ1n) is 9.95. The van der Waals surface area contributed by atoms with Crippen molar-refractivity contribution in [2.45, 2.75) is 45.6 Å². The topological polar surface area (TPSA) is 41.1 Å². The zero-order valence-electron chi connectivity index (χ0n) is 16.3. The number of fused-ring (bicyclic) bond motifs is 3. The van der Waals surface area contributed by atoms with Crippen molar-refractivity contribution in [2.75, 3.05) is 10.6 Å².